The molecule has 0 spiro atoms. The van der Waals surface area contributed by atoms with Crippen LogP contribution in [0.5, 0.6) is 0 Å². The Morgan fingerprint density at radius 2 is 2.00 bits per heavy atom. The minimum Gasteiger partial charge on any atom is -0.453 e. The third-order valence-corrected chi connectivity index (χ3v) is 4.62. The zero-order valence-electron chi connectivity index (χ0n) is 14.4. The van der Waals surface area contributed by atoms with Gasteiger partial charge in [0.05, 0.1) is 7.11 Å². The Balaban J connectivity index is 1.77. The SMILES string of the molecule is COC(=O)N1CCCN(c2cccc(C(=O)c3cncc(Br)c3)n2)CC1. The number of nitrogens with zero attached hydrogens (tertiary/aromatic N) is 4. The monoisotopic (exact) mass is 418 g/mol. The van der Waals surface area contributed by atoms with Gasteiger partial charge in [-0.15, -0.1) is 0 Å². The third-order valence-electron chi connectivity index (χ3n) is 4.19. The number of hydrogen-bond donors (Lipinski definition) is 0. The number of anilines is 1. The summed E-state index contributed by atoms with van der Waals surface area (Å²) in [6.07, 6.45) is 3.66. The molecule has 0 radical (unpaired) electrons. The van der Waals surface area contributed by atoms with Gasteiger partial charge in [-0.25, -0.2) is 9.78 Å². The number of hydrogen-bond acceptors (Lipinski definition) is 6. The first kappa shape index (κ1) is 18.3. The van der Waals surface area contributed by atoms with E-state index < -0.39 is 0 Å². The van der Waals surface area contributed by atoms with E-state index in [2.05, 4.69) is 30.8 Å². The average molecular weight is 419 g/mol. The van der Waals surface area contributed by atoms with Crippen LogP contribution in [0.4, 0.5) is 10.6 Å². The Labute approximate surface area is 160 Å². The first-order chi connectivity index (χ1) is 12.6. The molecule has 3 rings (SSSR count). The molecular weight excluding hydrogens is 400 g/mol. The number of pyridine rings is 2. The van der Waals surface area contributed by atoms with Gasteiger partial charge in [0.15, 0.2) is 0 Å². The number of amides is 1. The van der Waals surface area contributed by atoms with E-state index in [1.807, 2.05) is 12.1 Å². The Morgan fingerprint density at radius 3 is 2.77 bits per heavy atom. The molecule has 8 heteroatoms. The van der Waals surface area contributed by atoms with Gasteiger partial charge in [-0.3, -0.25) is 9.78 Å². The van der Waals surface area contributed by atoms with Crippen LogP contribution in [0, 0.1) is 0 Å². The van der Waals surface area contributed by atoms with Crippen molar-refractivity contribution < 1.29 is 14.3 Å². The van der Waals surface area contributed by atoms with Crippen LogP contribution in [0.15, 0.2) is 41.1 Å². The Kier molecular flexibility index (Phi) is 5.82. The molecule has 3 heterocycles. The molecule has 0 aromatic carbocycles. The molecule has 0 aliphatic carbocycles. The zero-order valence-corrected chi connectivity index (χ0v) is 16.0. The van der Waals surface area contributed by atoms with Gasteiger partial charge in [-0.1, -0.05) is 6.07 Å². The maximum atomic E-state index is 12.7. The van der Waals surface area contributed by atoms with Gasteiger partial charge in [-0.05, 0) is 40.5 Å². The molecule has 7 nitrogen and oxygen atoms in total. The van der Waals surface area contributed by atoms with Crippen LogP contribution in [0.3, 0.4) is 0 Å². The van der Waals surface area contributed by atoms with Crippen molar-refractivity contribution >= 4 is 33.6 Å². The Bertz CT molecular complexity index is 815. The first-order valence-corrected chi connectivity index (χ1v) is 9.08. The summed E-state index contributed by atoms with van der Waals surface area (Å²) in [6, 6.07) is 7.13. The highest BCUT2D eigenvalue weighted by atomic mass is 79.9. The highest BCUT2D eigenvalue weighted by Gasteiger charge is 2.21. The standard InChI is InChI=1S/C18H19BrN4O3/c1-26-18(25)23-7-3-6-22(8-9-23)16-5-2-4-15(21-16)17(24)13-10-14(19)12-20-11-13/h2,4-5,10-12H,3,6-9H2,1H3. The van der Waals surface area contributed by atoms with Crippen LogP contribution in [0.2, 0.25) is 0 Å². The Hall–Kier alpha value is -2.48. The van der Waals surface area contributed by atoms with Crippen molar-refractivity contribution in [3.05, 3.63) is 52.4 Å². The van der Waals surface area contributed by atoms with Gasteiger partial charge < -0.3 is 14.5 Å². The molecule has 0 unspecified atom stereocenters. The molecule has 2 aromatic heterocycles. The van der Waals surface area contributed by atoms with Crippen molar-refractivity contribution in [1.82, 2.24) is 14.9 Å². The van der Waals surface area contributed by atoms with Gasteiger partial charge in [0.1, 0.15) is 11.5 Å². The number of carbonyl (C=O) groups excluding carboxylic acids is 2. The van der Waals surface area contributed by atoms with Crippen LogP contribution in [-0.2, 0) is 4.74 Å². The van der Waals surface area contributed by atoms with Gasteiger partial charge in [0.25, 0.3) is 0 Å². The van der Waals surface area contributed by atoms with Gasteiger partial charge >= 0.3 is 6.09 Å². The zero-order chi connectivity index (χ0) is 18.5. The predicted octanol–water partition coefficient (Wildman–Crippen LogP) is 2.75. The smallest absolute Gasteiger partial charge is 0.409 e. The number of ketones is 1. The molecule has 26 heavy (non-hydrogen) atoms. The molecule has 1 aliphatic rings. The van der Waals surface area contributed by atoms with Crippen molar-refractivity contribution in [2.24, 2.45) is 0 Å². The summed E-state index contributed by atoms with van der Waals surface area (Å²) < 4.78 is 5.54. The van der Waals surface area contributed by atoms with Crippen LogP contribution in [0.25, 0.3) is 0 Å². The molecule has 0 atom stereocenters. The average Bonchev–Trinajstić information content (AvgIpc) is 2.93. The second-order valence-corrected chi connectivity index (χ2v) is 6.82. The predicted molar refractivity (Wildman–Crippen MR) is 100 cm³/mol. The van der Waals surface area contributed by atoms with Crippen LogP contribution in [-0.4, -0.2) is 60.0 Å². The fraction of sp³-hybridized carbons (Fsp3) is 0.333. The molecule has 0 N–H and O–H groups in total. The Morgan fingerprint density at radius 1 is 1.15 bits per heavy atom. The summed E-state index contributed by atoms with van der Waals surface area (Å²) >= 11 is 3.33. The van der Waals surface area contributed by atoms with Crippen molar-refractivity contribution in [3.63, 3.8) is 0 Å². The summed E-state index contributed by atoms with van der Waals surface area (Å²) in [7, 11) is 1.39. The van der Waals surface area contributed by atoms with Crippen LogP contribution >= 0.6 is 15.9 Å². The van der Waals surface area contributed by atoms with E-state index in [9.17, 15) is 9.59 Å². The lowest BCUT2D eigenvalue weighted by atomic mass is 10.1. The van der Waals surface area contributed by atoms with Crippen LogP contribution in [0.1, 0.15) is 22.5 Å². The number of ether oxygens (including phenoxy) is 1. The first-order valence-electron chi connectivity index (χ1n) is 8.28. The molecule has 136 valence electrons. The van der Waals surface area contributed by atoms with Gasteiger partial charge in [0.2, 0.25) is 5.78 Å². The summed E-state index contributed by atoms with van der Waals surface area (Å²) in [5.74, 6) is 0.553. The summed E-state index contributed by atoms with van der Waals surface area (Å²) in [5.41, 5.74) is 0.855. The molecule has 0 bridgehead atoms. The van der Waals surface area contributed by atoms with Gasteiger partial charge in [0, 0.05) is 48.6 Å². The normalized spacial score (nSPS) is 14.7. The van der Waals surface area contributed by atoms with E-state index in [1.54, 1.807) is 23.2 Å². The summed E-state index contributed by atoms with van der Waals surface area (Å²) in [5, 5.41) is 0. The highest BCUT2D eigenvalue weighted by molar-refractivity contribution is 9.10. The molecule has 0 saturated carbocycles. The van der Waals surface area contributed by atoms with E-state index in [4.69, 9.17) is 4.74 Å². The second kappa shape index (κ2) is 8.27. The maximum absolute atomic E-state index is 12.7. The molecule has 2 aromatic rings. The van der Waals surface area contributed by atoms with E-state index in [0.717, 1.165) is 23.3 Å². The molecular formula is C18H19BrN4O3. The minimum atomic E-state index is -0.314. The van der Waals surface area contributed by atoms with Crippen molar-refractivity contribution in [2.75, 3.05) is 38.2 Å². The topological polar surface area (TPSA) is 75.6 Å². The second-order valence-electron chi connectivity index (χ2n) is 5.90. The number of carbonyl (C=O) groups is 2. The lowest BCUT2D eigenvalue weighted by Gasteiger charge is -2.22. The summed E-state index contributed by atoms with van der Waals surface area (Å²) in [4.78, 5) is 36.7. The summed E-state index contributed by atoms with van der Waals surface area (Å²) in [6.45, 7) is 2.60. The minimum absolute atomic E-state index is 0.174. The van der Waals surface area contributed by atoms with Crippen LogP contribution < -0.4 is 4.90 Å². The fourth-order valence-corrected chi connectivity index (χ4v) is 3.23. The van der Waals surface area contributed by atoms with Crippen molar-refractivity contribution in [2.45, 2.75) is 6.42 Å². The lowest BCUT2D eigenvalue weighted by molar-refractivity contribution is 0.103. The molecule has 1 saturated heterocycles. The molecule has 1 amide bonds. The number of halogens is 1. The van der Waals surface area contributed by atoms with Gasteiger partial charge in [-0.2, -0.15) is 0 Å². The fourth-order valence-electron chi connectivity index (χ4n) is 2.87. The maximum Gasteiger partial charge on any atom is 0.409 e. The third kappa shape index (κ3) is 4.19. The number of rotatable bonds is 3. The van der Waals surface area contributed by atoms with E-state index >= 15 is 0 Å². The number of methoxy groups -OCH3 is 1. The van der Waals surface area contributed by atoms with Crippen molar-refractivity contribution in [3.8, 4) is 0 Å². The molecule has 1 fully saturated rings. The van der Waals surface area contributed by atoms with E-state index in [-0.39, 0.29) is 11.9 Å². The molecule has 1 aliphatic heterocycles. The number of aromatic nitrogens is 2. The largest absolute Gasteiger partial charge is 0.453 e. The lowest BCUT2D eigenvalue weighted by Crippen LogP contribution is -2.35. The van der Waals surface area contributed by atoms with Crippen molar-refractivity contribution in [1.29, 1.82) is 0 Å². The van der Waals surface area contributed by atoms with E-state index in [1.165, 1.54) is 13.3 Å². The quantitative estimate of drug-likeness (QED) is 0.713. The van der Waals surface area contributed by atoms with E-state index in [0.29, 0.717) is 30.9 Å². The highest BCUT2D eigenvalue weighted by Crippen LogP contribution is 2.18.